The third kappa shape index (κ3) is 8.40. The maximum absolute atomic E-state index is 2.42. The average molecular weight is 893 g/mol. The van der Waals surface area contributed by atoms with Gasteiger partial charge in [0.2, 0.25) is 0 Å². The molecule has 0 aliphatic rings. The summed E-state index contributed by atoms with van der Waals surface area (Å²) in [4.78, 5) is 4.84. The highest BCUT2D eigenvalue weighted by Gasteiger charge is 2.20. The van der Waals surface area contributed by atoms with E-state index in [-0.39, 0.29) is 0 Å². The van der Waals surface area contributed by atoms with Crippen LogP contribution in [0.1, 0.15) is 0 Å². The summed E-state index contributed by atoms with van der Waals surface area (Å²) in [7, 11) is 0. The Labute approximate surface area is 410 Å². The lowest BCUT2D eigenvalue weighted by atomic mass is 9.96. The van der Waals surface area contributed by atoms with Gasteiger partial charge in [0.05, 0.1) is 11.4 Å². The van der Waals surface area contributed by atoms with E-state index in [1.807, 2.05) is 0 Å². The SMILES string of the molecule is c1ccc(-c2cc(-c3ccccc3)cc(N(c3ccc(-c4ccc(N(c5cc(-c6ccccc6)cc(-c6ccccc6)c5)c5cccc6ccccc56)cc4)cc3)c3cccc4ccccc34)c2)cc1. The molecule has 0 atom stereocenters. The number of anilines is 6. The van der Waals surface area contributed by atoms with Gasteiger partial charge >= 0.3 is 0 Å². The lowest BCUT2D eigenvalue weighted by molar-refractivity contribution is 1.29. The standard InChI is InChI=1S/C68H48N2/c1-5-19-49(20-6-1)57-43-58(50-21-7-2-8-22-50)46-63(45-57)69(67-33-17-29-55-27-13-15-31-65(55)67)61-39-35-53(36-40-61)54-37-41-62(42-38-54)70(68-34-18-30-56-28-14-16-32-66(56)68)64-47-59(51-23-9-3-10-24-51)44-60(48-64)52-25-11-4-12-26-52/h1-48H. The van der Waals surface area contributed by atoms with Crippen molar-refractivity contribution in [1.82, 2.24) is 0 Å². The molecule has 12 aromatic rings. The van der Waals surface area contributed by atoms with Crippen LogP contribution < -0.4 is 9.80 Å². The Balaban J connectivity index is 0.967. The first-order valence-electron chi connectivity index (χ1n) is 24.0. The van der Waals surface area contributed by atoms with E-state index < -0.39 is 0 Å². The first kappa shape index (κ1) is 42.1. The van der Waals surface area contributed by atoms with E-state index in [0.29, 0.717) is 0 Å². The minimum absolute atomic E-state index is 1.08. The maximum Gasteiger partial charge on any atom is 0.0540 e. The molecule has 0 amide bonds. The molecular formula is C68H48N2. The normalized spacial score (nSPS) is 11.1. The van der Waals surface area contributed by atoms with Crippen LogP contribution in [0.3, 0.4) is 0 Å². The molecule has 0 heterocycles. The molecule has 0 saturated carbocycles. The number of fused-ring (bicyclic) bond motifs is 2. The van der Waals surface area contributed by atoms with Gasteiger partial charge in [-0.05, 0) is 139 Å². The van der Waals surface area contributed by atoms with Crippen LogP contribution in [0.2, 0.25) is 0 Å². The summed E-state index contributed by atoms with van der Waals surface area (Å²) in [6.45, 7) is 0. The highest BCUT2D eigenvalue weighted by atomic mass is 15.1. The van der Waals surface area contributed by atoms with Gasteiger partial charge < -0.3 is 9.80 Å². The number of nitrogens with zero attached hydrogens (tertiary/aromatic N) is 2. The molecule has 0 aliphatic carbocycles. The van der Waals surface area contributed by atoms with Crippen LogP contribution in [0.25, 0.3) is 77.2 Å². The monoisotopic (exact) mass is 892 g/mol. The molecule has 0 bridgehead atoms. The number of benzene rings is 12. The predicted octanol–water partition coefficient (Wildman–Crippen LogP) is 19.3. The Morgan fingerprint density at radius 3 is 0.771 bits per heavy atom. The molecule has 70 heavy (non-hydrogen) atoms. The molecule has 12 rings (SSSR count). The van der Waals surface area contributed by atoms with E-state index in [0.717, 1.165) is 45.3 Å². The zero-order chi connectivity index (χ0) is 46.6. The first-order chi connectivity index (χ1) is 34.7. The van der Waals surface area contributed by atoms with Crippen molar-refractivity contribution in [3.63, 3.8) is 0 Å². The lowest BCUT2D eigenvalue weighted by Crippen LogP contribution is -2.11. The van der Waals surface area contributed by atoms with E-state index in [2.05, 4.69) is 301 Å². The summed E-state index contributed by atoms with van der Waals surface area (Å²) in [5, 5.41) is 4.78. The summed E-state index contributed by atoms with van der Waals surface area (Å²) < 4.78 is 0. The van der Waals surface area contributed by atoms with Crippen molar-refractivity contribution in [2.45, 2.75) is 0 Å². The van der Waals surface area contributed by atoms with Crippen LogP contribution in [0.4, 0.5) is 34.1 Å². The molecule has 0 fully saturated rings. The first-order valence-corrected chi connectivity index (χ1v) is 24.0. The van der Waals surface area contributed by atoms with Gasteiger partial charge in [0.1, 0.15) is 0 Å². The van der Waals surface area contributed by atoms with Crippen molar-refractivity contribution < 1.29 is 0 Å². The van der Waals surface area contributed by atoms with Gasteiger partial charge in [0, 0.05) is 33.5 Å². The Bertz CT molecular complexity index is 3360. The summed E-state index contributed by atoms with van der Waals surface area (Å²) >= 11 is 0. The van der Waals surface area contributed by atoms with Gasteiger partial charge in [-0.25, -0.2) is 0 Å². The fourth-order valence-electron chi connectivity index (χ4n) is 9.94. The van der Waals surface area contributed by atoms with Crippen LogP contribution >= 0.6 is 0 Å². The van der Waals surface area contributed by atoms with Gasteiger partial charge in [-0.3, -0.25) is 0 Å². The molecule has 0 unspecified atom stereocenters. The van der Waals surface area contributed by atoms with Crippen molar-refractivity contribution in [2.75, 3.05) is 9.80 Å². The van der Waals surface area contributed by atoms with E-state index in [4.69, 9.17) is 0 Å². The van der Waals surface area contributed by atoms with Gasteiger partial charge in [-0.2, -0.15) is 0 Å². The second kappa shape index (κ2) is 18.8. The molecule has 0 radical (unpaired) electrons. The summed E-state index contributed by atoms with van der Waals surface area (Å²) in [6.07, 6.45) is 0. The van der Waals surface area contributed by atoms with Gasteiger partial charge in [-0.15, -0.1) is 0 Å². The van der Waals surface area contributed by atoms with E-state index in [1.165, 1.54) is 66.1 Å². The molecule has 0 aliphatic heterocycles. The molecule has 12 aromatic carbocycles. The van der Waals surface area contributed by atoms with Crippen molar-refractivity contribution in [3.05, 3.63) is 291 Å². The Kier molecular flexibility index (Phi) is 11.3. The molecule has 330 valence electrons. The number of hydrogen-bond donors (Lipinski definition) is 0. The molecule has 2 heteroatoms. The Hall–Kier alpha value is -9.24. The molecule has 0 N–H and O–H groups in total. The third-order valence-corrected chi connectivity index (χ3v) is 13.4. The largest absolute Gasteiger partial charge is 0.310 e. The molecular weight excluding hydrogens is 845 g/mol. The summed E-state index contributed by atoms with van der Waals surface area (Å²) in [5.74, 6) is 0. The third-order valence-electron chi connectivity index (χ3n) is 13.4. The summed E-state index contributed by atoms with van der Waals surface area (Å²) in [6, 6.07) is 105. The quantitative estimate of drug-likeness (QED) is 0.128. The van der Waals surface area contributed by atoms with Crippen LogP contribution in [0.15, 0.2) is 291 Å². The van der Waals surface area contributed by atoms with Gasteiger partial charge in [0.15, 0.2) is 0 Å². The minimum atomic E-state index is 1.08. The fraction of sp³-hybridized carbons (Fsp3) is 0. The van der Waals surface area contributed by atoms with Crippen molar-refractivity contribution in [3.8, 4) is 55.6 Å². The van der Waals surface area contributed by atoms with E-state index >= 15 is 0 Å². The minimum Gasteiger partial charge on any atom is -0.310 e. The van der Waals surface area contributed by atoms with Crippen LogP contribution in [0, 0.1) is 0 Å². The van der Waals surface area contributed by atoms with Crippen LogP contribution in [-0.4, -0.2) is 0 Å². The Morgan fingerprint density at radius 1 is 0.171 bits per heavy atom. The summed E-state index contributed by atoms with van der Waals surface area (Å²) in [5.41, 5.74) is 18.3. The Morgan fingerprint density at radius 2 is 0.443 bits per heavy atom. The average Bonchev–Trinajstić information content (AvgIpc) is 3.44. The predicted molar refractivity (Wildman–Crippen MR) is 298 cm³/mol. The van der Waals surface area contributed by atoms with Crippen LogP contribution in [0.5, 0.6) is 0 Å². The number of hydrogen-bond acceptors (Lipinski definition) is 2. The molecule has 2 nitrogen and oxygen atoms in total. The smallest absolute Gasteiger partial charge is 0.0540 e. The van der Waals surface area contributed by atoms with Crippen molar-refractivity contribution in [1.29, 1.82) is 0 Å². The molecule has 0 saturated heterocycles. The highest BCUT2D eigenvalue weighted by molar-refractivity contribution is 6.01. The van der Waals surface area contributed by atoms with Crippen molar-refractivity contribution >= 4 is 55.7 Å². The molecule has 0 aromatic heterocycles. The maximum atomic E-state index is 2.42. The highest BCUT2D eigenvalue weighted by Crippen LogP contribution is 2.45. The van der Waals surface area contributed by atoms with E-state index in [9.17, 15) is 0 Å². The van der Waals surface area contributed by atoms with E-state index in [1.54, 1.807) is 0 Å². The number of rotatable bonds is 11. The fourth-order valence-corrected chi connectivity index (χ4v) is 9.94. The van der Waals surface area contributed by atoms with Crippen LogP contribution in [-0.2, 0) is 0 Å². The topological polar surface area (TPSA) is 6.48 Å². The zero-order valence-corrected chi connectivity index (χ0v) is 38.6. The molecule has 0 spiro atoms. The van der Waals surface area contributed by atoms with Crippen molar-refractivity contribution in [2.24, 2.45) is 0 Å². The van der Waals surface area contributed by atoms with Gasteiger partial charge in [0.25, 0.3) is 0 Å². The zero-order valence-electron chi connectivity index (χ0n) is 38.6. The van der Waals surface area contributed by atoms with Gasteiger partial charge in [-0.1, -0.05) is 218 Å². The second-order valence-corrected chi connectivity index (χ2v) is 17.8. The lowest BCUT2D eigenvalue weighted by Gasteiger charge is -2.29. The second-order valence-electron chi connectivity index (χ2n) is 17.8.